The largest absolute Gasteiger partial charge is 0.294 e. The van der Waals surface area contributed by atoms with Crippen molar-refractivity contribution in [3.05, 3.63) is 60.7 Å². The molecular weight excluding hydrogens is 430 g/mol. The first-order chi connectivity index (χ1) is 12.9. The van der Waals surface area contributed by atoms with Gasteiger partial charge >= 0.3 is 0 Å². The van der Waals surface area contributed by atoms with E-state index in [0.29, 0.717) is 0 Å². The highest BCUT2D eigenvalue weighted by atomic mass is 32.2. The van der Waals surface area contributed by atoms with Gasteiger partial charge in [-0.1, -0.05) is 24.3 Å². The molecule has 0 saturated heterocycles. The predicted octanol–water partition coefficient (Wildman–Crippen LogP) is 2.13. The Morgan fingerprint density at radius 2 is 1.21 bits per heavy atom. The number of nitrogens with one attached hydrogen (secondary N) is 1. The zero-order chi connectivity index (χ0) is 20.7. The van der Waals surface area contributed by atoms with Gasteiger partial charge in [0, 0.05) is 5.39 Å². The standard InChI is InChI=1S/C16H13NO8S3/c18-26(19,12-4-2-1-3-5-12)17-16-10-14(28(23,24)25)9-11-8-13(27(20,21)22)6-7-15(11)16/h1-10,17H,(H,20,21,22)(H,23,24,25). The average Bonchev–Trinajstić information content (AvgIpc) is 2.60. The van der Waals surface area contributed by atoms with Crippen LogP contribution in [0.25, 0.3) is 10.8 Å². The summed E-state index contributed by atoms with van der Waals surface area (Å²) in [6.45, 7) is 0. The van der Waals surface area contributed by atoms with Crippen molar-refractivity contribution < 1.29 is 34.4 Å². The first kappa shape index (κ1) is 20.2. The van der Waals surface area contributed by atoms with Gasteiger partial charge in [-0.25, -0.2) is 8.42 Å². The van der Waals surface area contributed by atoms with Crippen LogP contribution in [0, 0.1) is 0 Å². The number of sulfonamides is 1. The van der Waals surface area contributed by atoms with Crippen molar-refractivity contribution >= 4 is 46.7 Å². The van der Waals surface area contributed by atoms with Gasteiger partial charge in [-0.2, -0.15) is 16.8 Å². The Balaban J connectivity index is 2.26. The Kier molecular flexibility index (Phi) is 4.93. The van der Waals surface area contributed by atoms with Gasteiger partial charge in [-0.05, 0) is 41.8 Å². The second kappa shape index (κ2) is 6.83. The van der Waals surface area contributed by atoms with Crippen LogP contribution in [-0.4, -0.2) is 34.4 Å². The topological polar surface area (TPSA) is 155 Å². The molecule has 3 N–H and O–H groups in total. The molecular formula is C16H13NO8S3. The summed E-state index contributed by atoms with van der Waals surface area (Å²) >= 11 is 0. The summed E-state index contributed by atoms with van der Waals surface area (Å²) in [7, 11) is -13.4. The van der Waals surface area contributed by atoms with E-state index in [1.54, 1.807) is 6.07 Å². The summed E-state index contributed by atoms with van der Waals surface area (Å²) in [5.74, 6) is 0. The van der Waals surface area contributed by atoms with E-state index < -0.39 is 40.1 Å². The average molecular weight is 443 g/mol. The molecule has 148 valence electrons. The first-order valence-electron chi connectivity index (χ1n) is 7.49. The van der Waals surface area contributed by atoms with Gasteiger partial charge in [0.1, 0.15) is 0 Å². The summed E-state index contributed by atoms with van der Waals surface area (Å²) in [6.07, 6.45) is 0. The SMILES string of the molecule is O=S(=O)(O)c1ccc2c(NS(=O)(=O)c3ccccc3)cc(S(=O)(=O)O)cc2c1. The lowest BCUT2D eigenvalue weighted by Gasteiger charge is -2.13. The Hall–Kier alpha value is -2.51. The molecule has 28 heavy (non-hydrogen) atoms. The van der Waals surface area contributed by atoms with Crippen molar-refractivity contribution in [1.82, 2.24) is 0 Å². The lowest BCUT2D eigenvalue weighted by atomic mass is 10.1. The highest BCUT2D eigenvalue weighted by Crippen LogP contribution is 2.31. The maximum atomic E-state index is 12.6. The van der Waals surface area contributed by atoms with E-state index in [4.69, 9.17) is 0 Å². The summed E-state index contributed by atoms with van der Waals surface area (Å²) in [6, 6.07) is 12.3. The van der Waals surface area contributed by atoms with E-state index in [2.05, 4.69) is 4.72 Å². The van der Waals surface area contributed by atoms with Crippen molar-refractivity contribution in [2.75, 3.05) is 4.72 Å². The zero-order valence-corrected chi connectivity index (χ0v) is 16.3. The molecule has 0 spiro atoms. The van der Waals surface area contributed by atoms with Crippen LogP contribution in [0.4, 0.5) is 5.69 Å². The van der Waals surface area contributed by atoms with Gasteiger partial charge in [0.2, 0.25) is 0 Å². The molecule has 3 aromatic rings. The number of fused-ring (bicyclic) bond motifs is 1. The van der Waals surface area contributed by atoms with Gasteiger partial charge in [-0.3, -0.25) is 13.8 Å². The lowest BCUT2D eigenvalue weighted by Crippen LogP contribution is -2.14. The fraction of sp³-hybridized carbons (Fsp3) is 0. The molecule has 0 bridgehead atoms. The highest BCUT2D eigenvalue weighted by Gasteiger charge is 2.20. The van der Waals surface area contributed by atoms with Crippen LogP contribution in [0.1, 0.15) is 0 Å². The molecule has 3 aromatic carbocycles. The van der Waals surface area contributed by atoms with E-state index in [1.165, 1.54) is 30.3 Å². The van der Waals surface area contributed by atoms with Crippen LogP contribution >= 0.6 is 0 Å². The van der Waals surface area contributed by atoms with E-state index in [-0.39, 0.29) is 21.4 Å². The van der Waals surface area contributed by atoms with Gasteiger partial charge in [-0.15, -0.1) is 0 Å². The molecule has 0 unspecified atom stereocenters. The second-order valence-corrected chi connectivity index (χ2v) is 10.2. The third kappa shape index (κ3) is 4.15. The molecule has 0 atom stereocenters. The molecule has 0 aliphatic rings. The maximum Gasteiger partial charge on any atom is 0.294 e. The van der Waals surface area contributed by atoms with Crippen LogP contribution in [0.3, 0.4) is 0 Å². The molecule has 0 saturated carbocycles. The lowest BCUT2D eigenvalue weighted by molar-refractivity contribution is 0.481. The molecule has 9 nitrogen and oxygen atoms in total. The van der Waals surface area contributed by atoms with Crippen LogP contribution in [0.2, 0.25) is 0 Å². The predicted molar refractivity (Wildman–Crippen MR) is 101 cm³/mol. The third-order valence-electron chi connectivity index (χ3n) is 3.79. The highest BCUT2D eigenvalue weighted by molar-refractivity contribution is 7.92. The van der Waals surface area contributed by atoms with Crippen molar-refractivity contribution in [2.45, 2.75) is 14.7 Å². The Labute approximate surface area is 161 Å². The van der Waals surface area contributed by atoms with Gasteiger partial charge < -0.3 is 0 Å². The summed E-state index contributed by atoms with van der Waals surface area (Å²) < 4.78 is 91.7. The number of rotatable bonds is 5. The number of benzene rings is 3. The van der Waals surface area contributed by atoms with Crippen molar-refractivity contribution in [3.63, 3.8) is 0 Å². The number of hydrogen-bond acceptors (Lipinski definition) is 6. The van der Waals surface area contributed by atoms with E-state index in [0.717, 1.165) is 24.3 Å². The van der Waals surface area contributed by atoms with Gasteiger partial charge in [0.25, 0.3) is 30.3 Å². The number of hydrogen-bond donors (Lipinski definition) is 3. The van der Waals surface area contributed by atoms with E-state index in [9.17, 15) is 34.4 Å². The van der Waals surface area contributed by atoms with Crippen LogP contribution in [0.5, 0.6) is 0 Å². The molecule has 0 aliphatic heterocycles. The molecule has 0 heterocycles. The Bertz CT molecular complexity index is 1380. The fourth-order valence-corrected chi connectivity index (χ4v) is 4.67. The van der Waals surface area contributed by atoms with Crippen molar-refractivity contribution in [3.8, 4) is 0 Å². The molecule has 0 aromatic heterocycles. The Morgan fingerprint density at radius 3 is 1.79 bits per heavy atom. The Morgan fingerprint density at radius 1 is 0.643 bits per heavy atom. The van der Waals surface area contributed by atoms with Crippen molar-refractivity contribution in [2.24, 2.45) is 0 Å². The van der Waals surface area contributed by atoms with E-state index in [1.807, 2.05) is 0 Å². The first-order valence-corrected chi connectivity index (χ1v) is 11.8. The van der Waals surface area contributed by atoms with Crippen LogP contribution in [0.15, 0.2) is 75.4 Å². The molecule has 0 aliphatic carbocycles. The fourth-order valence-electron chi connectivity index (χ4n) is 2.52. The van der Waals surface area contributed by atoms with Crippen LogP contribution < -0.4 is 4.72 Å². The minimum absolute atomic E-state index is 0.0315. The molecule has 0 amide bonds. The smallest absolute Gasteiger partial charge is 0.282 e. The van der Waals surface area contributed by atoms with Crippen LogP contribution in [-0.2, 0) is 30.3 Å². The minimum atomic E-state index is -4.73. The monoisotopic (exact) mass is 443 g/mol. The minimum Gasteiger partial charge on any atom is -0.282 e. The summed E-state index contributed by atoms with van der Waals surface area (Å²) in [4.78, 5) is -1.27. The van der Waals surface area contributed by atoms with Gasteiger partial charge in [0.05, 0.1) is 20.4 Å². The quantitative estimate of drug-likeness (QED) is 0.507. The number of anilines is 1. The summed E-state index contributed by atoms with van der Waals surface area (Å²) in [5.41, 5.74) is -0.198. The normalized spacial score (nSPS) is 12.8. The molecule has 12 heteroatoms. The van der Waals surface area contributed by atoms with E-state index >= 15 is 0 Å². The zero-order valence-electron chi connectivity index (χ0n) is 13.8. The summed E-state index contributed by atoms with van der Waals surface area (Å²) in [5, 5.41) is 0.121. The molecule has 3 rings (SSSR count). The van der Waals surface area contributed by atoms with Crippen molar-refractivity contribution in [1.29, 1.82) is 0 Å². The molecule has 0 fully saturated rings. The second-order valence-electron chi connectivity index (χ2n) is 5.72. The maximum absolute atomic E-state index is 12.6. The third-order valence-corrected chi connectivity index (χ3v) is 6.85. The molecule has 0 radical (unpaired) electrons. The van der Waals surface area contributed by atoms with Gasteiger partial charge in [0.15, 0.2) is 0 Å².